The summed E-state index contributed by atoms with van der Waals surface area (Å²) in [5, 5.41) is 16.4. The van der Waals surface area contributed by atoms with Gasteiger partial charge in [-0.3, -0.25) is 9.59 Å². The molecular formula is C12H18BrN3O5. The summed E-state index contributed by atoms with van der Waals surface area (Å²) in [7, 11) is 2.75. The summed E-state index contributed by atoms with van der Waals surface area (Å²) in [6.07, 6.45) is 1.32. The van der Waals surface area contributed by atoms with Crippen molar-refractivity contribution in [2.24, 2.45) is 0 Å². The Hall–Kier alpha value is -1.45. The summed E-state index contributed by atoms with van der Waals surface area (Å²) in [6.45, 7) is 0.452. The smallest absolute Gasteiger partial charge is 0.327 e. The Kier molecular flexibility index (Phi) is 7.34. The normalized spacial score (nSPS) is 12.0. The number of aliphatic hydroxyl groups excluding tert-OH is 1. The van der Waals surface area contributed by atoms with Crippen molar-refractivity contribution in [3.63, 3.8) is 0 Å². The number of aliphatic hydroxyl groups is 1. The van der Waals surface area contributed by atoms with Crippen LogP contribution in [-0.2, 0) is 20.8 Å². The molecule has 0 aromatic carbocycles. The number of nitrogens with one attached hydrogen (secondary N) is 1. The van der Waals surface area contributed by atoms with E-state index >= 15 is 0 Å². The van der Waals surface area contributed by atoms with E-state index in [4.69, 9.17) is 4.74 Å². The number of rotatable bonds is 8. The molecule has 1 unspecified atom stereocenters. The van der Waals surface area contributed by atoms with Crippen molar-refractivity contribution in [3.8, 4) is 0 Å². The molecule has 1 atom stereocenters. The number of ether oxygens (including phenoxy) is 2. The SMILES string of the molecule is COCC(O)CCNc1cnn(CC(=O)OC)c(=O)c1Br. The maximum Gasteiger partial charge on any atom is 0.327 e. The van der Waals surface area contributed by atoms with Gasteiger partial charge in [0.1, 0.15) is 11.0 Å². The van der Waals surface area contributed by atoms with E-state index in [1.807, 2.05) is 0 Å². The van der Waals surface area contributed by atoms with Crippen molar-refractivity contribution >= 4 is 27.6 Å². The van der Waals surface area contributed by atoms with Crippen molar-refractivity contribution < 1.29 is 19.4 Å². The number of methoxy groups -OCH3 is 2. The van der Waals surface area contributed by atoms with E-state index in [0.717, 1.165) is 4.68 Å². The topological polar surface area (TPSA) is 103 Å². The molecule has 118 valence electrons. The molecule has 0 spiro atoms. The number of hydrogen-bond acceptors (Lipinski definition) is 7. The molecule has 1 rings (SSSR count). The van der Waals surface area contributed by atoms with E-state index in [0.29, 0.717) is 18.7 Å². The Bertz CT molecular complexity index is 534. The van der Waals surface area contributed by atoms with Crippen molar-refractivity contribution in [1.29, 1.82) is 0 Å². The maximum absolute atomic E-state index is 12.0. The summed E-state index contributed by atoms with van der Waals surface area (Å²) in [6, 6.07) is 0. The van der Waals surface area contributed by atoms with Gasteiger partial charge in [-0.05, 0) is 22.4 Å². The van der Waals surface area contributed by atoms with Gasteiger partial charge in [-0.2, -0.15) is 5.10 Å². The van der Waals surface area contributed by atoms with Gasteiger partial charge >= 0.3 is 5.97 Å². The number of halogens is 1. The zero-order chi connectivity index (χ0) is 15.8. The Morgan fingerprint density at radius 1 is 1.57 bits per heavy atom. The summed E-state index contributed by atoms with van der Waals surface area (Å²) >= 11 is 3.17. The van der Waals surface area contributed by atoms with Crippen LogP contribution in [0.1, 0.15) is 6.42 Å². The first-order chi connectivity index (χ1) is 9.99. The molecule has 21 heavy (non-hydrogen) atoms. The number of anilines is 1. The van der Waals surface area contributed by atoms with Gasteiger partial charge in [0.25, 0.3) is 5.56 Å². The number of hydrogen-bond donors (Lipinski definition) is 2. The van der Waals surface area contributed by atoms with Gasteiger partial charge in [-0.15, -0.1) is 0 Å². The summed E-state index contributed by atoms with van der Waals surface area (Å²) in [5.74, 6) is -0.556. The molecule has 0 aliphatic heterocycles. The van der Waals surface area contributed by atoms with Crippen molar-refractivity contribution in [2.75, 3.05) is 32.7 Å². The number of esters is 1. The fourth-order valence-corrected chi connectivity index (χ4v) is 1.98. The lowest BCUT2D eigenvalue weighted by Crippen LogP contribution is -2.28. The van der Waals surface area contributed by atoms with Crippen LogP contribution in [0.3, 0.4) is 0 Å². The Balaban J connectivity index is 2.67. The fraction of sp³-hybridized carbons (Fsp3) is 0.583. The highest BCUT2D eigenvalue weighted by molar-refractivity contribution is 9.10. The average molecular weight is 364 g/mol. The second-order valence-electron chi connectivity index (χ2n) is 4.24. The van der Waals surface area contributed by atoms with Gasteiger partial charge in [0.2, 0.25) is 0 Å². The molecule has 0 amide bonds. The first-order valence-corrected chi connectivity index (χ1v) is 7.02. The Morgan fingerprint density at radius 3 is 2.90 bits per heavy atom. The predicted molar refractivity (Wildman–Crippen MR) is 79.2 cm³/mol. The van der Waals surface area contributed by atoms with Crippen LogP contribution < -0.4 is 10.9 Å². The van der Waals surface area contributed by atoms with Crippen LogP contribution in [0.2, 0.25) is 0 Å². The van der Waals surface area contributed by atoms with E-state index in [2.05, 4.69) is 31.1 Å². The highest BCUT2D eigenvalue weighted by atomic mass is 79.9. The fourth-order valence-electron chi connectivity index (χ4n) is 1.54. The third kappa shape index (κ3) is 5.44. The third-order valence-electron chi connectivity index (χ3n) is 2.64. The monoisotopic (exact) mass is 363 g/mol. The van der Waals surface area contributed by atoms with Gasteiger partial charge in [0, 0.05) is 13.7 Å². The molecule has 8 nitrogen and oxygen atoms in total. The van der Waals surface area contributed by atoms with Gasteiger partial charge in [0.05, 0.1) is 31.7 Å². The third-order valence-corrected chi connectivity index (χ3v) is 3.41. The summed E-state index contributed by atoms with van der Waals surface area (Å²) < 4.78 is 10.6. The minimum absolute atomic E-state index is 0.249. The van der Waals surface area contributed by atoms with E-state index in [1.165, 1.54) is 20.4 Å². The van der Waals surface area contributed by atoms with Crippen LogP contribution in [-0.4, -0.2) is 54.3 Å². The number of carbonyl (C=O) groups excluding carboxylic acids is 1. The van der Waals surface area contributed by atoms with E-state index in [9.17, 15) is 14.7 Å². The van der Waals surface area contributed by atoms with Gasteiger partial charge in [-0.25, -0.2) is 4.68 Å². The molecule has 1 aromatic heterocycles. The molecule has 9 heteroatoms. The standard InChI is InChI=1S/C12H18BrN3O5/c1-20-7-8(17)3-4-14-9-5-15-16(6-10(18)21-2)12(19)11(9)13/h5,8,14,17H,3-4,6-7H2,1-2H3. The van der Waals surface area contributed by atoms with E-state index in [-0.39, 0.29) is 17.6 Å². The zero-order valence-corrected chi connectivity index (χ0v) is 13.4. The van der Waals surface area contributed by atoms with Crippen LogP contribution >= 0.6 is 15.9 Å². The first-order valence-electron chi connectivity index (χ1n) is 6.23. The largest absolute Gasteiger partial charge is 0.468 e. The lowest BCUT2D eigenvalue weighted by Gasteiger charge is -2.12. The predicted octanol–water partition coefficient (Wildman–Crippen LogP) is -0.0119. The quantitative estimate of drug-likeness (QED) is 0.626. The van der Waals surface area contributed by atoms with Crippen LogP contribution in [0, 0.1) is 0 Å². The number of carbonyl (C=O) groups is 1. The van der Waals surface area contributed by atoms with E-state index in [1.54, 1.807) is 0 Å². The van der Waals surface area contributed by atoms with Gasteiger partial charge in [-0.1, -0.05) is 0 Å². The molecule has 1 aromatic rings. The van der Waals surface area contributed by atoms with Crippen LogP contribution in [0.25, 0.3) is 0 Å². The minimum atomic E-state index is -0.575. The Labute approximate surface area is 130 Å². The van der Waals surface area contributed by atoms with Gasteiger partial charge in [0.15, 0.2) is 0 Å². The summed E-state index contributed by atoms with van der Waals surface area (Å²) in [4.78, 5) is 23.1. The first kappa shape index (κ1) is 17.6. The number of aromatic nitrogens is 2. The molecule has 1 heterocycles. The lowest BCUT2D eigenvalue weighted by molar-refractivity contribution is -0.141. The Morgan fingerprint density at radius 2 is 2.29 bits per heavy atom. The maximum atomic E-state index is 12.0. The minimum Gasteiger partial charge on any atom is -0.468 e. The second kappa shape index (κ2) is 8.75. The molecule has 0 aliphatic rings. The van der Waals surface area contributed by atoms with Crippen LogP contribution in [0.15, 0.2) is 15.5 Å². The molecule has 0 aliphatic carbocycles. The zero-order valence-electron chi connectivity index (χ0n) is 11.8. The lowest BCUT2D eigenvalue weighted by atomic mass is 10.2. The van der Waals surface area contributed by atoms with Crippen molar-refractivity contribution in [1.82, 2.24) is 9.78 Å². The highest BCUT2D eigenvalue weighted by Gasteiger charge is 2.12. The van der Waals surface area contributed by atoms with Crippen molar-refractivity contribution in [3.05, 3.63) is 21.0 Å². The molecule has 0 fully saturated rings. The molecule has 0 radical (unpaired) electrons. The average Bonchev–Trinajstić information content (AvgIpc) is 2.46. The molecule has 0 saturated carbocycles. The van der Waals surface area contributed by atoms with E-state index < -0.39 is 17.6 Å². The number of nitrogens with zero attached hydrogens (tertiary/aromatic N) is 2. The molecular weight excluding hydrogens is 346 g/mol. The van der Waals surface area contributed by atoms with Crippen molar-refractivity contribution in [2.45, 2.75) is 19.1 Å². The summed E-state index contributed by atoms with van der Waals surface area (Å²) in [5.41, 5.74) is 0.0496. The molecule has 0 saturated heterocycles. The van der Waals surface area contributed by atoms with Crippen LogP contribution in [0.4, 0.5) is 5.69 Å². The van der Waals surface area contributed by atoms with Gasteiger partial charge < -0.3 is 19.9 Å². The molecule has 2 N–H and O–H groups in total. The highest BCUT2D eigenvalue weighted by Crippen LogP contribution is 2.16. The second-order valence-corrected chi connectivity index (χ2v) is 5.03. The molecule has 0 bridgehead atoms. The van der Waals surface area contributed by atoms with Crippen LogP contribution in [0.5, 0.6) is 0 Å².